The summed E-state index contributed by atoms with van der Waals surface area (Å²) >= 11 is 1.57. The molecule has 2 aromatic rings. The zero-order chi connectivity index (χ0) is 13.1. The monoisotopic (exact) mass is 265 g/mol. The Balaban J connectivity index is 2.17. The van der Waals surface area contributed by atoms with E-state index in [2.05, 4.69) is 10.1 Å². The second kappa shape index (κ2) is 5.30. The van der Waals surface area contributed by atoms with Crippen LogP contribution in [-0.4, -0.2) is 27.3 Å². The van der Waals surface area contributed by atoms with Crippen LogP contribution in [0.1, 0.15) is 30.3 Å². The molecule has 2 heterocycles. The average molecular weight is 265 g/mol. The average Bonchev–Trinajstić information content (AvgIpc) is 2.96. The van der Waals surface area contributed by atoms with Crippen molar-refractivity contribution in [3.05, 3.63) is 28.3 Å². The lowest BCUT2D eigenvalue weighted by Gasteiger charge is -2.07. The third-order valence-corrected chi connectivity index (χ3v) is 3.35. The molecule has 18 heavy (non-hydrogen) atoms. The molecule has 6 heteroatoms. The molecule has 0 amide bonds. The summed E-state index contributed by atoms with van der Waals surface area (Å²) in [6.45, 7) is 5.94. The molecule has 0 N–H and O–H groups in total. The number of carbonyl (C=O) groups excluding carboxylic acids is 1. The van der Waals surface area contributed by atoms with Gasteiger partial charge < -0.3 is 4.74 Å². The predicted molar refractivity (Wildman–Crippen MR) is 69.0 cm³/mol. The van der Waals surface area contributed by atoms with Crippen LogP contribution in [0.15, 0.2) is 17.8 Å². The number of carbonyl (C=O) groups is 1. The van der Waals surface area contributed by atoms with Gasteiger partial charge in [-0.1, -0.05) is 0 Å². The summed E-state index contributed by atoms with van der Waals surface area (Å²) in [5, 5.41) is 7.13. The quantitative estimate of drug-likeness (QED) is 0.796. The highest BCUT2D eigenvalue weighted by molar-refractivity contribution is 7.09. The smallest absolute Gasteiger partial charge is 0.313 e. The fourth-order valence-corrected chi connectivity index (χ4v) is 2.13. The first-order valence-corrected chi connectivity index (χ1v) is 6.63. The van der Waals surface area contributed by atoms with Crippen LogP contribution >= 0.6 is 11.3 Å². The summed E-state index contributed by atoms with van der Waals surface area (Å²) in [5.41, 5.74) is 0.833. The molecule has 0 aliphatic carbocycles. The van der Waals surface area contributed by atoms with Gasteiger partial charge in [-0.25, -0.2) is 9.67 Å². The van der Waals surface area contributed by atoms with E-state index >= 15 is 0 Å². The van der Waals surface area contributed by atoms with Crippen LogP contribution in [0.2, 0.25) is 0 Å². The second-order valence-corrected chi connectivity index (χ2v) is 4.98. The maximum Gasteiger partial charge on any atom is 0.313 e. The molecular weight excluding hydrogens is 250 g/mol. The standard InChI is InChI=1S/C12H15N3O2S/c1-4-17-12(16)8(2)10-5-13-15(6-10)11-7-18-9(3)14-11/h5-8H,4H2,1-3H3. The fraction of sp³-hybridized carbons (Fsp3) is 0.417. The molecule has 1 unspecified atom stereocenters. The highest BCUT2D eigenvalue weighted by Gasteiger charge is 2.18. The highest BCUT2D eigenvalue weighted by atomic mass is 32.1. The third-order valence-electron chi connectivity index (χ3n) is 2.58. The van der Waals surface area contributed by atoms with Gasteiger partial charge in [-0.2, -0.15) is 5.10 Å². The Labute approximate surface area is 109 Å². The molecule has 5 nitrogen and oxygen atoms in total. The van der Waals surface area contributed by atoms with Crippen LogP contribution < -0.4 is 0 Å². The van der Waals surface area contributed by atoms with Crippen LogP contribution in [0.4, 0.5) is 0 Å². The van der Waals surface area contributed by atoms with Gasteiger partial charge in [0.1, 0.15) is 0 Å². The Kier molecular flexibility index (Phi) is 3.76. The number of hydrogen-bond acceptors (Lipinski definition) is 5. The Hall–Kier alpha value is -1.69. The summed E-state index contributed by atoms with van der Waals surface area (Å²) in [5.74, 6) is 0.241. The predicted octanol–water partition coefficient (Wildman–Crippen LogP) is 2.30. The number of aryl methyl sites for hydroxylation is 1. The maximum atomic E-state index is 11.6. The molecule has 0 saturated carbocycles. The molecule has 96 valence electrons. The first kappa shape index (κ1) is 12.8. The van der Waals surface area contributed by atoms with Crippen molar-refractivity contribution in [2.45, 2.75) is 26.7 Å². The molecule has 0 saturated heterocycles. The van der Waals surface area contributed by atoms with Gasteiger partial charge >= 0.3 is 5.97 Å². The molecular formula is C12H15N3O2S. The minimum absolute atomic E-state index is 0.230. The van der Waals surface area contributed by atoms with Crippen LogP contribution in [-0.2, 0) is 9.53 Å². The van der Waals surface area contributed by atoms with Gasteiger partial charge in [-0.3, -0.25) is 4.79 Å². The van der Waals surface area contributed by atoms with Gasteiger partial charge in [-0.15, -0.1) is 11.3 Å². The Morgan fingerprint density at radius 1 is 1.61 bits per heavy atom. The third kappa shape index (κ3) is 2.59. The topological polar surface area (TPSA) is 57.0 Å². The number of hydrogen-bond donors (Lipinski definition) is 0. The van der Waals surface area contributed by atoms with Gasteiger partial charge in [0.25, 0.3) is 0 Å². The SMILES string of the molecule is CCOC(=O)C(C)c1cnn(-c2csc(C)n2)c1. The van der Waals surface area contributed by atoms with E-state index in [4.69, 9.17) is 4.74 Å². The van der Waals surface area contributed by atoms with Crippen molar-refractivity contribution in [3.63, 3.8) is 0 Å². The molecule has 0 radical (unpaired) electrons. The maximum absolute atomic E-state index is 11.6. The normalized spacial score (nSPS) is 12.4. The number of esters is 1. The summed E-state index contributed by atoms with van der Waals surface area (Å²) in [6, 6.07) is 0. The van der Waals surface area contributed by atoms with Crippen LogP contribution in [0.25, 0.3) is 5.82 Å². The van der Waals surface area contributed by atoms with Crippen molar-refractivity contribution in [3.8, 4) is 5.82 Å². The Bertz CT molecular complexity index is 547. The van der Waals surface area contributed by atoms with Gasteiger partial charge in [-0.05, 0) is 20.8 Å². The van der Waals surface area contributed by atoms with E-state index in [1.54, 1.807) is 29.1 Å². The van der Waals surface area contributed by atoms with E-state index in [9.17, 15) is 4.79 Å². The van der Waals surface area contributed by atoms with Crippen molar-refractivity contribution in [2.24, 2.45) is 0 Å². The summed E-state index contributed by atoms with van der Waals surface area (Å²) in [7, 11) is 0. The van der Waals surface area contributed by atoms with Gasteiger partial charge in [0, 0.05) is 17.1 Å². The number of rotatable bonds is 4. The van der Waals surface area contributed by atoms with Crippen molar-refractivity contribution in [1.82, 2.24) is 14.8 Å². The zero-order valence-electron chi connectivity index (χ0n) is 10.6. The summed E-state index contributed by atoms with van der Waals surface area (Å²) in [6.07, 6.45) is 3.49. The van der Waals surface area contributed by atoms with Crippen molar-refractivity contribution in [2.75, 3.05) is 6.61 Å². The molecule has 0 aliphatic heterocycles. The van der Waals surface area contributed by atoms with E-state index in [-0.39, 0.29) is 11.9 Å². The van der Waals surface area contributed by atoms with Crippen molar-refractivity contribution >= 4 is 17.3 Å². The highest BCUT2D eigenvalue weighted by Crippen LogP contribution is 2.18. The zero-order valence-corrected chi connectivity index (χ0v) is 11.4. The number of aromatic nitrogens is 3. The first-order chi connectivity index (χ1) is 8.61. The lowest BCUT2D eigenvalue weighted by Crippen LogP contribution is -2.12. The molecule has 2 aromatic heterocycles. The van der Waals surface area contributed by atoms with Crippen molar-refractivity contribution in [1.29, 1.82) is 0 Å². The van der Waals surface area contributed by atoms with Crippen LogP contribution in [0.5, 0.6) is 0 Å². The molecule has 0 spiro atoms. The molecule has 0 fully saturated rings. The lowest BCUT2D eigenvalue weighted by atomic mass is 10.1. The van der Waals surface area contributed by atoms with E-state index in [1.165, 1.54) is 0 Å². The minimum atomic E-state index is -0.307. The first-order valence-electron chi connectivity index (χ1n) is 5.75. The number of ether oxygens (including phenoxy) is 1. The Morgan fingerprint density at radius 3 is 3.00 bits per heavy atom. The van der Waals surface area contributed by atoms with Crippen LogP contribution in [0.3, 0.4) is 0 Å². The molecule has 0 aromatic carbocycles. The van der Waals surface area contributed by atoms with Gasteiger partial charge in [0.15, 0.2) is 5.82 Å². The molecule has 0 aliphatic rings. The van der Waals surface area contributed by atoms with E-state index in [0.29, 0.717) is 6.61 Å². The van der Waals surface area contributed by atoms with E-state index in [1.807, 2.05) is 25.4 Å². The Morgan fingerprint density at radius 2 is 2.39 bits per heavy atom. The second-order valence-electron chi connectivity index (χ2n) is 3.92. The molecule has 0 bridgehead atoms. The van der Waals surface area contributed by atoms with Crippen molar-refractivity contribution < 1.29 is 9.53 Å². The van der Waals surface area contributed by atoms with Gasteiger partial charge in [0.2, 0.25) is 0 Å². The summed E-state index contributed by atoms with van der Waals surface area (Å²) < 4.78 is 6.66. The lowest BCUT2D eigenvalue weighted by molar-refractivity contribution is -0.144. The minimum Gasteiger partial charge on any atom is -0.466 e. The number of thiazole rings is 1. The van der Waals surface area contributed by atoms with Crippen LogP contribution in [0, 0.1) is 6.92 Å². The fourth-order valence-electron chi connectivity index (χ4n) is 1.55. The number of nitrogens with zero attached hydrogens (tertiary/aromatic N) is 3. The molecule has 2 rings (SSSR count). The summed E-state index contributed by atoms with van der Waals surface area (Å²) in [4.78, 5) is 16.0. The molecule has 1 atom stereocenters. The largest absolute Gasteiger partial charge is 0.466 e. The van der Waals surface area contributed by atoms with E-state index < -0.39 is 0 Å². The van der Waals surface area contributed by atoms with Gasteiger partial charge in [0.05, 0.1) is 23.7 Å². The van der Waals surface area contributed by atoms with E-state index in [0.717, 1.165) is 16.4 Å².